The first-order valence-corrected chi connectivity index (χ1v) is 17.6. The number of amides is 5. The lowest BCUT2D eigenvalue weighted by molar-refractivity contribution is -0.134. The van der Waals surface area contributed by atoms with Gasteiger partial charge in [0.15, 0.2) is 5.96 Å². The van der Waals surface area contributed by atoms with Crippen LogP contribution in [0.4, 0.5) is 0 Å². The standard InChI is InChI=1S/C38H47N11O5/c1-2-3-5-16-33(50)46-32(20-26-22-42-23-45-26)37(54)49-31(18-24-11-6-4-7-12-24)36(53)47-29(15-10-17-43-38(40)41)35(52)48-30(34(39)51)19-25-21-44-28-14-9-8-13-27(25)28/h1,4,6-9,11-14,21-23,29-32,44H,3,5,10,15-20H2,(H2,39,51)(H,42,45)(H,46,50)(H,47,53)(H,48,52)(H,49,54)(H4,40,41,43)/t29-,30-,31+,32-/m0/s1. The van der Waals surface area contributed by atoms with Gasteiger partial charge in [0, 0.05) is 67.6 Å². The van der Waals surface area contributed by atoms with E-state index in [1.54, 1.807) is 30.5 Å². The van der Waals surface area contributed by atoms with Gasteiger partial charge in [0.05, 0.1) is 6.33 Å². The molecule has 0 saturated carbocycles. The number of rotatable bonds is 21. The lowest BCUT2D eigenvalue weighted by atomic mass is 10.0. The number of nitrogens with one attached hydrogen (secondary N) is 6. The van der Waals surface area contributed by atoms with Gasteiger partial charge in [0.25, 0.3) is 0 Å². The SMILES string of the molecule is C#CCCCC(=O)N[C@@H](Cc1cnc[nH]1)C(=O)N[C@H](Cc1ccccc1)C(=O)N[C@@H](CCCN=C(N)N)C(=O)N[C@@H](Cc1c[nH]c2ccccc12)C(N)=O. The van der Waals surface area contributed by atoms with Gasteiger partial charge in [-0.25, -0.2) is 4.98 Å². The molecule has 2 aromatic carbocycles. The number of carbonyl (C=O) groups excluding carboxylic acids is 5. The molecule has 4 rings (SSSR count). The molecule has 16 heteroatoms. The molecule has 54 heavy (non-hydrogen) atoms. The average molecular weight is 738 g/mol. The van der Waals surface area contributed by atoms with E-state index < -0.39 is 47.8 Å². The minimum absolute atomic E-state index is 0.0537. The van der Waals surface area contributed by atoms with Gasteiger partial charge >= 0.3 is 0 Å². The van der Waals surface area contributed by atoms with Crippen molar-refractivity contribution in [3.05, 3.63) is 90.1 Å². The minimum Gasteiger partial charge on any atom is -0.370 e. The molecule has 0 spiro atoms. The highest BCUT2D eigenvalue weighted by Gasteiger charge is 2.31. The zero-order valence-corrected chi connectivity index (χ0v) is 29.8. The van der Waals surface area contributed by atoms with Crippen LogP contribution in [0.1, 0.15) is 48.9 Å². The predicted octanol–water partition coefficient (Wildman–Crippen LogP) is 0.201. The first-order valence-electron chi connectivity index (χ1n) is 17.6. The highest BCUT2D eigenvalue weighted by atomic mass is 16.2. The van der Waals surface area contributed by atoms with E-state index in [2.05, 4.69) is 47.1 Å². The molecule has 12 N–H and O–H groups in total. The third kappa shape index (κ3) is 12.5. The van der Waals surface area contributed by atoms with E-state index in [0.717, 1.165) is 22.0 Å². The van der Waals surface area contributed by atoms with Crippen molar-refractivity contribution in [3.63, 3.8) is 0 Å². The highest BCUT2D eigenvalue weighted by molar-refractivity contribution is 5.96. The second-order valence-corrected chi connectivity index (χ2v) is 12.7. The highest BCUT2D eigenvalue weighted by Crippen LogP contribution is 2.19. The second kappa shape index (κ2) is 20.4. The molecule has 4 aromatic rings. The molecule has 0 aliphatic heterocycles. The number of nitrogens with two attached hydrogens (primary N) is 3. The van der Waals surface area contributed by atoms with Gasteiger partial charge in [-0.1, -0.05) is 48.5 Å². The first-order chi connectivity index (χ1) is 26.0. The monoisotopic (exact) mass is 737 g/mol. The Balaban J connectivity index is 1.56. The lowest BCUT2D eigenvalue weighted by Crippen LogP contribution is -2.59. The van der Waals surface area contributed by atoms with E-state index >= 15 is 0 Å². The summed E-state index contributed by atoms with van der Waals surface area (Å²) in [6, 6.07) is 11.9. The van der Waals surface area contributed by atoms with Crippen molar-refractivity contribution in [2.75, 3.05) is 6.54 Å². The summed E-state index contributed by atoms with van der Waals surface area (Å²) in [4.78, 5) is 81.3. The van der Waals surface area contributed by atoms with Crippen LogP contribution >= 0.6 is 0 Å². The fourth-order valence-corrected chi connectivity index (χ4v) is 5.83. The van der Waals surface area contributed by atoms with Crippen LogP contribution in [0.3, 0.4) is 0 Å². The molecule has 0 radical (unpaired) electrons. The zero-order chi connectivity index (χ0) is 38.9. The quantitative estimate of drug-likeness (QED) is 0.0246. The molecule has 4 atom stereocenters. The third-order valence-electron chi connectivity index (χ3n) is 8.61. The number of nitrogens with zero attached hydrogens (tertiary/aromatic N) is 2. The topological polar surface area (TPSA) is 268 Å². The fourth-order valence-electron chi connectivity index (χ4n) is 5.83. The van der Waals surface area contributed by atoms with Crippen LogP contribution in [-0.2, 0) is 43.2 Å². The van der Waals surface area contributed by atoms with Crippen molar-refractivity contribution >= 4 is 46.4 Å². The van der Waals surface area contributed by atoms with Crippen molar-refractivity contribution in [1.82, 2.24) is 36.2 Å². The van der Waals surface area contributed by atoms with Crippen molar-refractivity contribution in [1.29, 1.82) is 0 Å². The van der Waals surface area contributed by atoms with Gasteiger partial charge in [0.2, 0.25) is 29.5 Å². The summed E-state index contributed by atoms with van der Waals surface area (Å²) in [5.41, 5.74) is 19.6. The number of guanidine groups is 1. The molecule has 0 fully saturated rings. The second-order valence-electron chi connectivity index (χ2n) is 12.7. The number of benzene rings is 2. The molecule has 0 bridgehead atoms. The molecule has 16 nitrogen and oxygen atoms in total. The maximum Gasteiger partial charge on any atom is 0.243 e. The van der Waals surface area contributed by atoms with Gasteiger partial charge in [-0.2, -0.15) is 0 Å². The number of para-hydroxylation sites is 1. The normalized spacial score (nSPS) is 13.0. The number of terminal acetylenes is 1. The Bertz CT molecular complexity index is 1930. The Morgan fingerprint density at radius 2 is 1.44 bits per heavy atom. The molecule has 0 aliphatic rings. The van der Waals surface area contributed by atoms with Gasteiger partial charge in [-0.15, -0.1) is 12.3 Å². The van der Waals surface area contributed by atoms with Gasteiger partial charge in [-0.05, 0) is 36.5 Å². The zero-order valence-electron chi connectivity index (χ0n) is 29.8. The largest absolute Gasteiger partial charge is 0.370 e. The molecular weight excluding hydrogens is 690 g/mol. The molecule has 0 unspecified atom stereocenters. The summed E-state index contributed by atoms with van der Waals surface area (Å²) in [6.45, 7) is 0.164. The molecule has 0 saturated heterocycles. The minimum atomic E-state index is -1.19. The number of carbonyl (C=O) groups is 5. The van der Waals surface area contributed by atoms with Crippen LogP contribution in [-0.4, -0.2) is 81.2 Å². The maximum absolute atomic E-state index is 14.1. The van der Waals surface area contributed by atoms with Crippen LogP contribution in [0.25, 0.3) is 10.9 Å². The molecule has 0 aliphatic carbocycles. The summed E-state index contributed by atoms with van der Waals surface area (Å²) in [5, 5.41) is 11.9. The first kappa shape index (κ1) is 40.1. The van der Waals surface area contributed by atoms with Gasteiger partial charge < -0.3 is 48.4 Å². The van der Waals surface area contributed by atoms with Crippen LogP contribution in [0.15, 0.2) is 78.3 Å². The third-order valence-corrected chi connectivity index (χ3v) is 8.61. The Morgan fingerprint density at radius 3 is 2.13 bits per heavy atom. The number of aliphatic imine (C=N–C) groups is 1. The molecule has 2 aromatic heterocycles. The van der Waals surface area contributed by atoms with E-state index in [1.165, 1.54) is 12.5 Å². The summed E-state index contributed by atoms with van der Waals surface area (Å²) in [7, 11) is 0. The van der Waals surface area contributed by atoms with E-state index in [0.29, 0.717) is 18.5 Å². The van der Waals surface area contributed by atoms with Crippen LogP contribution < -0.4 is 38.5 Å². The number of aromatic nitrogens is 3. The van der Waals surface area contributed by atoms with Crippen LogP contribution in [0.5, 0.6) is 0 Å². The van der Waals surface area contributed by atoms with Crippen LogP contribution in [0, 0.1) is 12.3 Å². The summed E-state index contributed by atoms with van der Waals surface area (Å²) in [5.74, 6) is -0.778. The van der Waals surface area contributed by atoms with Crippen molar-refractivity contribution in [3.8, 4) is 12.3 Å². The predicted molar refractivity (Wildman–Crippen MR) is 204 cm³/mol. The van der Waals surface area contributed by atoms with E-state index in [1.807, 2.05) is 30.3 Å². The number of aromatic amines is 2. The van der Waals surface area contributed by atoms with E-state index in [9.17, 15) is 24.0 Å². The van der Waals surface area contributed by atoms with Crippen molar-refractivity contribution in [2.45, 2.75) is 75.5 Å². The molecule has 284 valence electrons. The van der Waals surface area contributed by atoms with Gasteiger partial charge in [-0.3, -0.25) is 29.0 Å². The molecule has 2 heterocycles. The number of hydrogen-bond acceptors (Lipinski definition) is 7. The van der Waals surface area contributed by atoms with Gasteiger partial charge in [0.1, 0.15) is 24.2 Å². The van der Waals surface area contributed by atoms with E-state index in [-0.39, 0.29) is 56.9 Å². The Hall–Kier alpha value is -6.63. The average Bonchev–Trinajstić information content (AvgIpc) is 3.82. The molecule has 5 amide bonds. The Kier molecular flexibility index (Phi) is 15.2. The number of unbranched alkanes of at least 4 members (excludes halogenated alkanes) is 1. The Morgan fingerprint density at radius 1 is 0.778 bits per heavy atom. The van der Waals surface area contributed by atoms with Crippen molar-refractivity contribution in [2.24, 2.45) is 22.2 Å². The number of imidazole rings is 1. The summed E-state index contributed by atoms with van der Waals surface area (Å²) >= 11 is 0. The number of primary amides is 1. The summed E-state index contributed by atoms with van der Waals surface area (Å²) in [6.07, 6.45) is 11.6. The molecular formula is C38H47N11O5. The fraction of sp³-hybridized carbons (Fsp3) is 0.342. The smallest absolute Gasteiger partial charge is 0.243 e. The Labute approximate surface area is 312 Å². The lowest BCUT2D eigenvalue weighted by Gasteiger charge is -2.26. The summed E-state index contributed by atoms with van der Waals surface area (Å²) < 4.78 is 0. The number of hydrogen-bond donors (Lipinski definition) is 9. The maximum atomic E-state index is 14.1. The van der Waals surface area contributed by atoms with Crippen LogP contribution in [0.2, 0.25) is 0 Å². The number of fused-ring (bicyclic) bond motifs is 1. The van der Waals surface area contributed by atoms with E-state index in [4.69, 9.17) is 23.6 Å². The number of H-pyrrole nitrogens is 2. The van der Waals surface area contributed by atoms with Crippen molar-refractivity contribution < 1.29 is 24.0 Å².